The highest BCUT2D eigenvalue weighted by atomic mass is 16.2. The Balaban J connectivity index is 1.28. The number of aromatic nitrogens is 1. The average molecular weight is 486 g/mol. The number of carbonyl (C=O) groups is 2. The molecule has 0 N–H and O–H groups in total. The normalized spacial score (nSPS) is 23.5. The number of para-hydroxylation sites is 1. The number of rotatable bonds is 3. The van der Waals surface area contributed by atoms with E-state index in [-0.39, 0.29) is 23.7 Å². The van der Waals surface area contributed by atoms with Crippen LogP contribution in [0.4, 0.5) is 0 Å². The summed E-state index contributed by atoms with van der Waals surface area (Å²) in [5, 5.41) is 5.68. The summed E-state index contributed by atoms with van der Waals surface area (Å²) in [5.74, 6) is -1.47. The smallest absolute Gasteiger partial charge is 0.254 e. The van der Waals surface area contributed by atoms with Crippen LogP contribution in [0.15, 0.2) is 84.0 Å². The molecule has 2 heterocycles. The van der Waals surface area contributed by atoms with E-state index in [1.54, 1.807) is 6.21 Å². The number of hydrazone groups is 1. The van der Waals surface area contributed by atoms with Crippen molar-refractivity contribution in [2.45, 2.75) is 32.6 Å². The van der Waals surface area contributed by atoms with Gasteiger partial charge in [0.15, 0.2) is 0 Å². The second-order valence-corrected chi connectivity index (χ2v) is 10.4. The van der Waals surface area contributed by atoms with Gasteiger partial charge in [-0.2, -0.15) is 10.1 Å². The molecule has 8 rings (SSSR count). The third-order valence-electron chi connectivity index (χ3n) is 8.56. The number of benzene rings is 3. The zero-order valence-electron chi connectivity index (χ0n) is 21.1. The van der Waals surface area contributed by atoms with Crippen molar-refractivity contribution in [3.63, 3.8) is 0 Å². The molecule has 1 fully saturated rings. The predicted octanol–water partition coefficient (Wildman–Crippen LogP) is 5.63. The first-order chi connectivity index (χ1) is 18.0. The van der Waals surface area contributed by atoms with Crippen molar-refractivity contribution in [1.29, 1.82) is 0 Å². The molecular weight excluding hydrogens is 458 g/mol. The minimum absolute atomic E-state index is 0.120. The molecule has 3 aliphatic carbocycles. The summed E-state index contributed by atoms with van der Waals surface area (Å²) in [6, 6.07) is 26.9. The van der Waals surface area contributed by atoms with E-state index >= 15 is 0 Å². The molecule has 2 amide bonds. The second-order valence-electron chi connectivity index (χ2n) is 10.4. The summed E-state index contributed by atoms with van der Waals surface area (Å²) in [5.41, 5.74) is 9.95. The van der Waals surface area contributed by atoms with Gasteiger partial charge in [0, 0.05) is 34.5 Å². The Morgan fingerprint density at radius 1 is 0.703 bits per heavy atom. The average Bonchev–Trinajstić information content (AvgIpc) is 3.34. The van der Waals surface area contributed by atoms with Gasteiger partial charge in [-0.05, 0) is 60.7 Å². The molecule has 5 nitrogen and oxygen atoms in total. The van der Waals surface area contributed by atoms with Gasteiger partial charge >= 0.3 is 0 Å². The molecule has 5 heteroatoms. The molecule has 1 aliphatic heterocycles. The van der Waals surface area contributed by atoms with Crippen molar-refractivity contribution in [3.05, 3.63) is 124 Å². The minimum Gasteiger partial charge on any atom is -0.318 e. The van der Waals surface area contributed by atoms with Crippen LogP contribution < -0.4 is 0 Å². The first-order valence-corrected chi connectivity index (χ1v) is 12.8. The van der Waals surface area contributed by atoms with Crippen LogP contribution in [0.25, 0.3) is 5.69 Å². The van der Waals surface area contributed by atoms with Crippen LogP contribution in [0.2, 0.25) is 0 Å². The Morgan fingerprint density at radius 2 is 1.19 bits per heavy atom. The lowest BCUT2D eigenvalue weighted by atomic mass is 9.55. The number of imide groups is 1. The standard InChI is InChI=1S/C32H27N3O2/c1-18-10-4-9-15-26(18)34-19(2)16-21(20(34)3)17-33-35-31(36)29-27-22-11-5-6-12-23(22)28(30(29)32(35)37)25-14-8-7-13-24(25)27/h4-17,27-30H,1-3H3/b33-17-/t27?,28?,29-,30-/m1/s1. The molecule has 37 heavy (non-hydrogen) atoms. The second kappa shape index (κ2) is 7.87. The van der Waals surface area contributed by atoms with Crippen molar-refractivity contribution in [1.82, 2.24) is 9.58 Å². The van der Waals surface area contributed by atoms with Crippen molar-refractivity contribution >= 4 is 18.0 Å². The summed E-state index contributed by atoms with van der Waals surface area (Å²) < 4.78 is 2.19. The van der Waals surface area contributed by atoms with Crippen LogP contribution in [0.3, 0.4) is 0 Å². The van der Waals surface area contributed by atoms with Crippen molar-refractivity contribution < 1.29 is 9.59 Å². The van der Waals surface area contributed by atoms with Crippen LogP contribution in [0.1, 0.15) is 56.6 Å². The number of carbonyl (C=O) groups excluding carboxylic acids is 2. The number of aryl methyl sites for hydroxylation is 2. The molecule has 4 aliphatic rings. The molecule has 1 saturated heterocycles. The number of hydrogen-bond donors (Lipinski definition) is 0. The van der Waals surface area contributed by atoms with Crippen LogP contribution in [-0.4, -0.2) is 27.6 Å². The number of hydrogen-bond acceptors (Lipinski definition) is 3. The summed E-state index contributed by atoms with van der Waals surface area (Å²) in [6.45, 7) is 6.20. The van der Waals surface area contributed by atoms with Gasteiger partial charge in [0.2, 0.25) is 0 Å². The molecule has 0 spiro atoms. The lowest BCUT2D eigenvalue weighted by Gasteiger charge is -2.45. The fraction of sp³-hybridized carbons (Fsp3) is 0.219. The highest BCUT2D eigenvalue weighted by Gasteiger charge is 2.61. The van der Waals surface area contributed by atoms with E-state index in [9.17, 15) is 9.59 Å². The molecule has 4 aromatic rings. The first kappa shape index (κ1) is 22.0. The maximum absolute atomic E-state index is 13.8. The molecule has 182 valence electrons. The Bertz CT molecular complexity index is 1530. The van der Waals surface area contributed by atoms with E-state index in [1.807, 2.05) is 43.3 Å². The third-order valence-corrected chi connectivity index (χ3v) is 8.56. The van der Waals surface area contributed by atoms with E-state index < -0.39 is 11.8 Å². The van der Waals surface area contributed by atoms with Gasteiger partial charge in [-0.15, -0.1) is 0 Å². The molecule has 1 aromatic heterocycles. The summed E-state index contributed by atoms with van der Waals surface area (Å²) in [6.07, 6.45) is 1.67. The maximum atomic E-state index is 13.8. The van der Waals surface area contributed by atoms with Gasteiger partial charge in [0.1, 0.15) is 0 Å². The zero-order valence-corrected chi connectivity index (χ0v) is 21.1. The van der Waals surface area contributed by atoms with Crippen LogP contribution >= 0.6 is 0 Å². The maximum Gasteiger partial charge on any atom is 0.254 e. The van der Waals surface area contributed by atoms with Gasteiger partial charge in [-0.1, -0.05) is 66.7 Å². The van der Waals surface area contributed by atoms with Crippen molar-refractivity contribution in [3.8, 4) is 5.69 Å². The predicted molar refractivity (Wildman–Crippen MR) is 143 cm³/mol. The molecule has 0 unspecified atom stereocenters. The molecule has 2 atom stereocenters. The van der Waals surface area contributed by atoms with Crippen molar-refractivity contribution in [2.75, 3.05) is 0 Å². The van der Waals surface area contributed by atoms with E-state index in [1.165, 1.54) is 27.8 Å². The van der Waals surface area contributed by atoms with Gasteiger partial charge in [0.25, 0.3) is 11.8 Å². The van der Waals surface area contributed by atoms with E-state index in [0.717, 1.165) is 27.6 Å². The Kier molecular flexibility index (Phi) is 4.68. The lowest BCUT2D eigenvalue weighted by Crippen LogP contribution is -2.41. The summed E-state index contributed by atoms with van der Waals surface area (Å²) in [7, 11) is 0. The monoisotopic (exact) mass is 485 g/mol. The zero-order chi connectivity index (χ0) is 25.4. The fourth-order valence-corrected chi connectivity index (χ4v) is 7.00. The van der Waals surface area contributed by atoms with Gasteiger partial charge in [0.05, 0.1) is 18.1 Å². The van der Waals surface area contributed by atoms with E-state index in [4.69, 9.17) is 0 Å². The highest BCUT2D eigenvalue weighted by molar-refractivity contribution is 6.08. The van der Waals surface area contributed by atoms with Crippen LogP contribution in [0.5, 0.6) is 0 Å². The SMILES string of the molecule is Cc1ccccc1-n1c(C)cc(/C=N\N2C(=O)[C@@H]3C4c5ccccc5C(c5ccccc54)[C@H]3C2=O)c1C. The van der Waals surface area contributed by atoms with E-state index in [2.05, 4.69) is 66.0 Å². The fourth-order valence-electron chi connectivity index (χ4n) is 7.00. The molecule has 0 radical (unpaired) electrons. The molecule has 0 saturated carbocycles. The number of amides is 2. The van der Waals surface area contributed by atoms with E-state index in [0.29, 0.717) is 0 Å². The summed E-state index contributed by atoms with van der Waals surface area (Å²) >= 11 is 0. The molecule has 2 bridgehead atoms. The van der Waals surface area contributed by atoms with Crippen LogP contribution in [-0.2, 0) is 9.59 Å². The molecule has 3 aromatic carbocycles. The topological polar surface area (TPSA) is 54.7 Å². The molecular formula is C32H27N3O2. The van der Waals surface area contributed by atoms with Crippen LogP contribution in [0, 0.1) is 32.6 Å². The summed E-state index contributed by atoms with van der Waals surface area (Å²) in [4.78, 5) is 27.6. The Labute approximate surface area is 216 Å². The Morgan fingerprint density at radius 3 is 1.70 bits per heavy atom. The lowest BCUT2D eigenvalue weighted by molar-refractivity contribution is -0.139. The van der Waals surface area contributed by atoms with Gasteiger partial charge in [-0.3, -0.25) is 9.59 Å². The highest BCUT2D eigenvalue weighted by Crippen LogP contribution is 2.60. The van der Waals surface area contributed by atoms with Gasteiger partial charge in [-0.25, -0.2) is 0 Å². The van der Waals surface area contributed by atoms with Gasteiger partial charge < -0.3 is 4.57 Å². The quantitative estimate of drug-likeness (QED) is 0.279. The largest absolute Gasteiger partial charge is 0.318 e. The first-order valence-electron chi connectivity index (χ1n) is 12.8. The number of nitrogens with zero attached hydrogens (tertiary/aromatic N) is 3. The Hall–Kier alpha value is -4.25. The van der Waals surface area contributed by atoms with Crippen molar-refractivity contribution in [2.24, 2.45) is 16.9 Å². The third kappa shape index (κ3) is 2.94. The minimum atomic E-state index is -0.418.